The van der Waals surface area contributed by atoms with Gasteiger partial charge in [0.05, 0.1) is 18.5 Å². The minimum absolute atomic E-state index is 0.0421. The molecule has 7 nitrogen and oxygen atoms in total. The maximum absolute atomic E-state index is 11.9. The Kier molecular flexibility index (Phi) is 3.65. The second-order valence-electron chi connectivity index (χ2n) is 6.39. The van der Waals surface area contributed by atoms with Crippen LogP contribution in [0.2, 0.25) is 0 Å². The van der Waals surface area contributed by atoms with E-state index in [1.807, 2.05) is 28.8 Å². The lowest BCUT2D eigenvalue weighted by atomic mass is 9.93. The van der Waals surface area contributed by atoms with Gasteiger partial charge in [0, 0.05) is 5.92 Å². The average Bonchev–Trinajstić information content (AvgIpc) is 3.12. The molecule has 3 atom stereocenters. The summed E-state index contributed by atoms with van der Waals surface area (Å²) < 4.78 is 1.82. The summed E-state index contributed by atoms with van der Waals surface area (Å²) in [4.78, 5) is 22.6. The van der Waals surface area contributed by atoms with Gasteiger partial charge in [-0.05, 0) is 30.0 Å². The maximum atomic E-state index is 11.9. The van der Waals surface area contributed by atoms with Crippen LogP contribution < -0.4 is 11.3 Å². The molecule has 4 rings (SSSR count). The predicted octanol–water partition coefficient (Wildman–Crippen LogP) is 1.22. The van der Waals surface area contributed by atoms with Gasteiger partial charge in [-0.25, -0.2) is 4.98 Å². The SMILES string of the molecule is C=C1[C@@H](Cc2cc[c]cc2)[C@H](O)C[C@@H]1n1cnc2c(=O)nc(N)[nH]c21. The number of nitrogens with one attached hydrogen (secondary N) is 1. The van der Waals surface area contributed by atoms with E-state index in [1.54, 1.807) is 6.33 Å². The van der Waals surface area contributed by atoms with E-state index in [-0.39, 0.29) is 23.4 Å². The molecule has 1 aliphatic carbocycles. The Morgan fingerprint density at radius 1 is 1.44 bits per heavy atom. The van der Waals surface area contributed by atoms with E-state index in [0.717, 1.165) is 11.1 Å². The smallest absolute Gasteiger partial charge is 0.302 e. The average molecular weight is 336 g/mol. The number of anilines is 1. The molecule has 1 saturated carbocycles. The van der Waals surface area contributed by atoms with Gasteiger partial charge >= 0.3 is 5.56 Å². The van der Waals surface area contributed by atoms with Crippen LogP contribution >= 0.6 is 0 Å². The highest BCUT2D eigenvalue weighted by Gasteiger charge is 2.38. The Hall–Kier alpha value is -2.93. The number of aliphatic hydroxyl groups is 1. The van der Waals surface area contributed by atoms with E-state index in [0.29, 0.717) is 18.5 Å². The molecule has 1 aromatic carbocycles. The second-order valence-corrected chi connectivity index (χ2v) is 6.39. The zero-order valence-electron chi connectivity index (χ0n) is 13.5. The Balaban J connectivity index is 1.68. The number of rotatable bonds is 3. The summed E-state index contributed by atoms with van der Waals surface area (Å²) in [5.74, 6) is -0.0174. The zero-order chi connectivity index (χ0) is 17.6. The number of hydrogen-bond donors (Lipinski definition) is 3. The third-order valence-electron chi connectivity index (χ3n) is 4.88. The summed E-state index contributed by atoms with van der Waals surface area (Å²) in [6, 6.07) is 10.5. The molecule has 0 saturated heterocycles. The molecule has 127 valence electrons. The van der Waals surface area contributed by atoms with E-state index < -0.39 is 11.7 Å². The van der Waals surface area contributed by atoms with Crippen LogP contribution in [0.25, 0.3) is 11.2 Å². The lowest BCUT2D eigenvalue weighted by Crippen LogP contribution is -2.16. The van der Waals surface area contributed by atoms with Crippen molar-refractivity contribution in [2.45, 2.75) is 25.0 Å². The molecule has 1 fully saturated rings. The first-order chi connectivity index (χ1) is 12.0. The number of hydrogen-bond acceptors (Lipinski definition) is 5. The lowest BCUT2D eigenvalue weighted by molar-refractivity contribution is 0.138. The quantitative estimate of drug-likeness (QED) is 0.623. The van der Waals surface area contributed by atoms with Crippen molar-refractivity contribution >= 4 is 17.1 Å². The van der Waals surface area contributed by atoms with E-state index >= 15 is 0 Å². The highest BCUT2D eigenvalue weighted by molar-refractivity contribution is 5.71. The normalized spacial score (nSPS) is 23.4. The predicted molar refractivity (Wildman–Crippen MR) is 93.8 cm³/mol. The molecule has 7 heteroatoms. The van der Waals surface area contributed by atoms with Crippen molar-refractivity contribution in [1.82, 2.24) is 19.5 Å². The highest BCUT2D eigenvalue weighted by Crippen LogP contribution is 2.41. The number of benzene rings is 1. The summed E-state index contributed by atoms with van der Waals surface area (Å²) in [5.41, 5.74) is 7.97. The minimum atomic E-state index is -0.509. The first-order valence-electron chi connectivity index (χ1n) is 8.08. The number of aliphatic hydroxyl groups excluding tert-OH is 1. The summed E-state index contributed by atoms with van der Waals surface area (Å²) in [5, 5.41) is 10.6. The summed E-state index contributed by atoms with van der Waals surface area (Å²) in [6.07, 6.45) is 2.28. The van der Waals surface area contributed by atoms with Crippen molar-refractivity contribution in [1.29, 1.82) is 0 Å². The van der Waals surface area contributed by atoms with Crippen LogP contribution in [0.5, 0.6) is 0 Å². The van der Waals surface area contributed by atoms with Crippen LogP contribution in [0.3, 0.4) is 0 Å². The topological polar surface area (TPSA) is 110 Å². The molecule has 0 bridgehead atoms. The molecule has 0 spiro atoms. The van der Waals surface area contributed by atoms with Gasteiger partial charge in [0.15, 0.2) is 5.52 Å². The van der Waals surface area contributed by atoms with E-state index in [2.05, 4.69) is 27.6 Å². The lowest BCUT2D eigenvalue weighted by Gasteiger charge is -2.18. The molecule has 0 unspecified atom stereocenters. The number of nitrogens with zero attached hydrogens (tertiary/aromatic N) is 3. The van der Waals surface area contributed by atoms with Gasteiger partial charge in [-0.2, -0.15) is 4.98 Å². The fourth-order valence-electron chi connectivity index (χ4n) is 3.60. The van der Waals surface area contributed by atoms with Crippen molar-refractivity contribution in [3.05, 3.63) is 64.7 Å². The molecule has 1 aliphatic rings. The zero-order valence-corrected chi connectivity index (χ0v) is 13.5. The van der Waals surface area contributed by atoms with Crippen molar-refractivity contribution in [3.63, 3.8) is 0 Å². The van der Waals surface area contributed by atoms with Crippen LogP contribution in [0, 0.1) is 12.0 Å². The summed E-state index contributed by atoms with van der Waals surface area (Å²) in [7, 11) is 0. The molecule has 2 aromatic heterocycles. The fraction of sp³-hybridized carbons (Fsp3) is 0.278. The number of nitrogen functional groups attached to an aromatic ring is 1. The number of nitrogens with two attached hydrogens (primary N) is 1. The summed E-state index contributed by atoms with van der Waals surface area (Å²) >= 11 is 0. The van der Waals surface area contributed by atoms with E-state index in [1.165, 1.54) is 0 Å². The molecule has 2 heterocycles. The first-order valence-corrected chi connectivity index (χ1v) is 8.08. The number of H-pyrrole nitrogens is 1. The van der Waals surface area contributed by atoms with Crippen LogP contribution in [0.4, 0.5) is 5.95 Å². The van der Waals surface area contributed by atoms with Crippen LogP contribution in [-0.2, 0) is 6.42 Å². The Bertz CT molecular complexity index is 992. The molecule has 25 heavy (non-hydrogen) atoms. The Morgan fingerprint density at radius 2 is 2.20 bits per heavy atom. The van der Waals surface area contributed by atoms with Crippen molar-refractivity contribution < 1.29 is 5.11 Å². The highest BCUT2D eigenvalue weighted by atomic mass is 16.3. The van der Waals surface area contributed by atoms with Crippen LogP contribution in [0.15, 0.2) is 47.5 Å². The molecule has 0 amide bonds. The van der Waals surface area contributed by atoms with Crippen LogP contribution in [0.1, 0.15) is 18.0 Å². The Morgan fingerprint density at radius 3 is 2.96 bits per heavy atom. The van der Waals surface area contributed by atoms with Gasteiger partial charge in [0.25, 0.3) is 0 Å². The number of aromatic amines is 1. The van der Waals surface area contributed by atoms with Gasteiger partial charge < -0.3 is 20.4 Å². The molecule has 0 aliphatic heterocycles. The second kappa shape index (κ2) is 5.86. The molecule has 3 aromatic rings. The minimum Gasteiger partial charge on any atom is -0.392 e. The van der Waals surface area contributed by atoms with Gasteiger partial charge in [0.2, 0.25) is 5.95 Å². The first kappa shape index (κ1) is 15.6. The maximum Gasteiger partial charge on any atom is 0.302 e. The third-order valence-corrected chi connectivity index (χ3v) is 4.88. The standard InChI is InChI=1S/C18H18N5O2/c1-10-12(7-11-5-3-2-4-6-11)14(24)8-13(10)23-9-20-15-16(23)21-18(19)22-17(15)25/h3-6,9,12-14,24H,1,7-8H2,(H3,19,21,22,25)/t12-,13+,14-/m1/s1. The van der Waals surface area contributed by atoms with Gasteiger partial charge in [-0.15, -0.1) is 0 Å². The number of imidazole rings is 1. The van der Waals surface area contributed by atoms with Crippen molar-refractivity contribution in [3.8, 4) is 0 Å². The molecular weight excluding hydrogens is 318 g/mol. The number of fused-ring (bicyclic) bond motifs is 1. The largest absolute Gasteiger partial charge is 0.392 e. The fourth-order valence-corrected chi connectivity index (χ4v) is 3.60. The monoisotopic (exact) mass is 336 g/mol. The molecule has 1 radical (unpaired) electrons. The van der Waals surface area contributed by atoms with Crippen molar-refractivity contribution in [2.75, 3.05) is 5.73 Å². The van der Waals surface area contributed by atoms with Crippen LogP contribution in [-0.4, -0.2) is 30.7 Å². The molecule has 4 N–H and O–H groups in total. The Labute approximate surface area is 143 Å². The van der Waals surface area contributed by atoms with Gasteiger partial charge in [0.1, 0.15) is 5.65 Å². The van der Waals surface area contributed by atoms with E-state index in [9.17, 15) is 9.90 Å². The van der Waals surface area contributed by atoms with E-state index in [4.69, 9.17) is 5.73 Å². The van der Waals surface area contributed by atoms with Gasteiger partial charge in [-0.3, -0.25) is 4.79 Å². The van der Waals surface area contributed by atoms with Crippen molar-refractivity contribution in [2.24, 2.45) is 5.92 Å². The number of aromatic nitrogens is 4. The third kappa shape index (κ3) is 2.62. The van der Waals surface area contributed by atoms with Gasteiger partial charge in [-0.1, -0.05) is 30.8 Å². The summed E-state index contributed by atoms with van der Waals surface area (Å²) in [6.45, 7) is 4.22. The molecular formula is C18H18N5O2.